The van der Waals surface area contributed by atoms with Crippen molar-refractivity contribution < 1.29 is 9.53 Å². The monoisotopic (exact) mass is 330 g/mol. The number of amides is 1. The van der Waals surface area contributed by atoms with Crippen LogP contribution in [0.2, 0.25) is 0 Å². The summed E-state index contributed by atoms with van der Waals surface area (Å²) < 4.78 is 5.59. The summed E-state index contributed by atoms with van der Waals surface area (Å²) in [5.41, 5.74) is 7.19. The molecule has 3 N–H and O–H groups in total. The maximum Gasteiger partial charge on any atom is 0.234 e. The van der Waals surface area contributed by atoms with Gasteiger partial charge in [0.2, 0.25) is 5.91 Å². The maximum atomic E-state index is 12.0. The maximum absolute atomic E-state index is 12.0. The Balaban J connectivity index is 1.78. The lowest BCUT2D eigenvalue weighted by Crippen LogP contribution is -2.13. The number of benzene rings is 2. The van der Waals surface area contributed by atoms with Gasteiger partial charge in [-0.05, 0) is 48.9 Å². The number of hydrogen-bond donors (Lipinski definition) is 2. The number of carbonyl (C=O) groups is 1. The Morgan fingerprint density at radius 2 is 2.00 bits per heavy atom. The smallest absolute Gasteiger partial charge is 0.234 e. The topological polar surface area (TPSA) is 64.3 Å². The first kappa shape index (κ1) is 17.2. The Hall–Kier alpha value is -2.14. The van der Waals surface area contributed by atoms with Gasteiger partial charge in [0.1, 0.15) is 5.75 Å². The third-order valence-corrected chi connectivity index (χ3v) is 4.13. The zero-order chi connectivity index (χ0) is 16.5. The van der Waals surface area contributed by atoms with E-state index in [1.165, 1.54) is 11.8 Å². The average molecular weight is 330 g/mol. The van der Waals surface area contributed by atoms with Crippen molar-refractivity contribution in [2.75, 3.05) is 23.4 Å². The van der Waals surface area contributed by atoms with E-state index in [0.717, 1.165) is 35.8 Å². The van der Waals surface area contributed by atoms with Crippen LogP contribution in [0, 0.1) is 0 Å². The van der Waals surface area contributed by atoms with Crippen molar-refractivity contribution >= 4 is 29.0 Å². The number of thioether (sulfide) groups is 1. The summed E-state index contributed by atoms with van der Waals surface area (Å²) in [6, 6.07) is 15.0. The zero-order valence-corrected chi connectivity index (χ0v) is 14.1. The molecule has 0 aliphatic carbocycles. The Bertz CT molecular complexity index is 629. The SMILES string of the molecule is CCCCOc1ccc(NC(=O)CSc2cccc(N)c2)cc1. The first-order valence-electron chi connectivity index (χ1n) is 7.68. The molecule has 0 radical (unpaired) electrons. The van der Waals surface area contributed by atoms with E-state index < -0.39 is 0 Å². The summed E-state index contributed by atoms with van der Waals surface area (Å²) in [4.78, 5) is 13.0. The fourth-order valence-electron chi connectivity index (χ4n) is 1.92. The van der Waals surface area contributed by atoms with Crippen molar-refractivity contribution in [3.05, 3.63) is 48.5 Å². The van der Waals surface area contributed by atoms with Gasteiger partial charge < -0.3 is 15.8 Å². The summed E-state index contributed by atoms with van der Waals surface area (Å²) in [6.07, 6.45) is 2.15. The molecule has 4 nitrogen and oxygen atoms in total. The first-order chi connectivity index (χ1) is 11.2. The Kier molecular flexibility index (Phi) is 6.81. The van der Waals surface area contributed by atoms with Crippen LogP contribution in [0.3, 0.4) is 0 Å². The standard InChI is InChI=1S/C18H22N2O2S/c1-2-3-11-22-16-9-7-15(8-10-16)20-18(21)13-23-17-6-4-5-14(19)12-17/h4-10,12H,2-3,11,13,19H2,1H3,(H,20,21). The van der Waals surface area contributed by atoms with Crippen LogP contribution in [0.5, 0.6) is 5.75 Å². The molecular formula is C18H22N2O2S. The molecule has 0 saturated carbocycles. The second-order valence-electron chi connectivity index (χ2n) is 5.14. The van der Waals surface area contributed by atoms with E-state index in [1.807, 2.05) is 48.5 Å². The van der Waals surface area contributed by atoms with Crippen molar-refractivity contribution in [3.8, 4) is 5.75 Å². The van der Waals surface area contributed by atoms with Crippen LogP contribution in [-0.4, -0.2) is 18.3 Å². The number of unbranched alkanes of at least 4 members (excludes halogenated alkanes) is 1. The molecule has 0 aromatic heterocycles. The van der Waals surface area contributed by atoms with E-state index in [4.69, 9.17) is 10.5 Å². The van der Waals surface area contributed by atoms with E-state index in [0.29, 0.717) is 11.4 Å². The highest BCUT2D eigenvalue weighted by molar-refractivity contribution is 8.00. The molecule has 23 heavy (non-hydrogen) atoms. The van der Waals surface area contributed by atoms with E-state index >= 15 is 0 Å². The van der Waals surface area contributed by atoms with Gasteiger partial charge in [0.05, 0.1) is 12.4 Å². The molecule has 0 atom stereocenters. The van der Waals surface area contributed by atoms with Gasteiger partial charge >= 0.3 is 0 Å². The van der Waals surface area contributed by atoms with Crippen LogP contribution in [0.15, 0.2) is 53.4 Å². The average Bonchev–Trinajstić information content (AvgIpc) is 2.55. The molecule has 0 bridgehead atoms. The molecule has 0 aliphatic rings. The van der Waals surface area contributed by atoms with E-state index in [1.54, 1.807) is 0 Å². The highest BCUT2D eigenvalue weighted by Gasteiger charge is 2.04. The zero-order valence-electron chi connectivity index (χ0n) is 13.2. The number of carbonyl (C=O) groups excluding carboxylic acids is 1. The summed E-state index contributed by atoms with van der Waals surface area (Å²) in [7, 11) is 0. The van der Waals surface area contributed by atoms with Gasteiger partial charge in [0, 0.05) is 16.3 Å². The van der Waals surface area contributed by atoms with Gasteiger partial charge in [-0.3, -0.25) is 4.79 Å². The first-order valence-corrected chi connectivity index (χ1v) is 8.67. The predicted octanol–water partition coefficient (Wildman–Crippen LogP) is 4.18. The molecule has 0 aliphatic heterocycles. The summed E-state index contributed by atoms with van der Waals surface area (Å²) in [5, 5.41) is 2.87. The molecule has 5 heteroatoms. The summed E-state index contributed by atoms with van der Waals surface area (Å²) in [6.45, 7) is 2.85. The fraction of sp³-hybridized carbons (Fsp3) is 0.278. The molecule has 0 unspecified atom stereocenters. The molecular weight excluding hydrogens is 308 g/mol. The second kappa shape index (κ2) is 9.10. The van der Waals surface area contributed by atoms with Gasteiger partial charge in [-0.25, -0.2) is 0 Å². The third-order valence-electron chi connectivity index (χ3n) is 3.13. The van der Waals surface area contributed by atoms with Crippen LogP contribution in [0.4, 0.5) is 11.4 Å². The van der Waals surface area contributed by atoms with Gasteiger partial charge in [0.15, 0.2) is 0 Å². The molecule has 1 amide bonds. The minimum atomic E-state index is -0.0444. The number of nitrogens with two attached hydrogens (primary N) is 1. The van der Waals surface area contributed by atoms with Gasteiger partial charge in [0.25, 0.3) is 0 Å². The van der Waals surface area contributed by atoms with Crippen molar-refractivity contribution in [2.24, 2.45) is 0 Å². The van der Waals surface area contributed by atoms with Gasteiger partial charge in [-0.1, -0.05) is 19.4 Å². The lowest BCUT2D eigenvalue weighted by molar-refractivity contribution is -0.113. The third kappa shape index (κ3) is 6.24. The van der Waals surface area contributed by atoms with E-state index in [2.05, 4.69) is 12.2 Å². The number of anilines is 2. The molecule has 0 fully saturated rings. The Morgan fingerprint density at radius 1 is 1.22 bits per heavy atom. The van der Waals surface area contributed by atoms with Crippen molar-refractivity contribution in [2.45, 2.75) is 24.7 Å². The van der Waals surface area contributed by atoms with Crippen LogP contribution in [0.1, 0.15) is 19.8 Å². The molecule has 2 rings (SSSR count). The number of nitrogen functional groups attached to an aromatic ring is 1. The van der Waals surface area contributed by atoms with Gasteiger partial charge in [-0.15, -0.1) is 11.8 Å². The largest absolute Gasteiger partial charge is 0.494 e. The summed E-state index contributed by atoms with van der Waals surface area (Å²) in [5.74, 6) is 1.13. The summed E-state index contributed by atoms with van der Waals surface area (Å²) >= 11 is 1.46. The fourth-order valence-corrected chi connectivity index (χ4v) is 2.68. The minimum Gasteiger partial charge on any atom is -0.494 e. The van der Waals surface area contributed by atoms with Crippen LogP contribution in [-0.2, 0) is 4.79 Å². The molecule has 2 aromatic carbocycles. The molecule has 2 aromatic rings. The van der Waals surface area contributed by atoms with Crippen molar-refractivity contribution in [1.29, 1.82) is 0 Å². The van der Waals surface area contributed by atoms with Crippen LogP contribution < -0.4 is 15.8 Å². The molecule has 0 heterocycles. The minimum absolute atomic E-state index is 0.0444. The number of hydrogen-bond acceptors (Lipinski definition) is 4. The number of ether oxygens (including phenoxy) is 1. The highest BCUT2D eigenvalue weighted by atomic mass is 32.2. The Morgan fingerprint density at radius 3 is 2.70 bits per heavy atom. The predicted molar refractivity (Wildman–Crippen MR) is 97.1 cm³/mol. The van der Waals surface area contributed by atoms with Crippen molar-refractivity contribution in [3.63, 3.8) is 0 Å². The van der Waals surface area contributed by atoms with Crippen LogP contribution in [0.25, 0.3) is 0 Å². The Labute approximate surface area is 141 Å². The second-order valence-corrected chi connectivity index (χ2v) is 6.18. The van der Waals surface area contributed by atoms with Gasteiger partial charge in [-0.2, -0.15) is 0 Å². The normalized spacial score (nSPS) is 10.3. The lowest BCUT2D eigenvalue weighted by Gasteiger charge is -2.08. The quantitative estimate of drug-likeness (QED) is 0.433. The number of rotatable bonds is 8. The lowest BCUT2D eigenvalue weighted by atomic mass is 10.3. The molecule has 0 saturated heterocycles. The highest BCUT2D eigenvalue weighted by Crippen LogP contribution is 2.21. The van der Waals surface area contributed by atoms with Crippen molar-refractivity contribution in [1.82, 2.24) is 0 Å². The van der Waals surface area contributed by atoms with E-state index in [9.17, 15) is 4.79 Å². The number of nitrogens with one attached hydrogen (secondary N) is 1. The molecule has 122 valence electrons. The molecule has 0 spiro atoms. The van der Waals surface area contributed by atoms with Crippen LogP contribution >= 0.6 is 11.8 Å². The van der Waals surface area contributed by atoms with E-state index in [-0.39, 0.29) is 5.91 Å².